The normalized spacial score (nSPS) is 16.7. The highest BCUT2D eigenvalue weighted by molar-refractivity contribution is 5.88. The number of hydrogen-bond donors (Lipinski definition) is 1. The predicted octanol–water partition coefficient (Wildman–Crippen LogP) is 5.63. The molecule has 8 aromatic rings. The highest BCUT2D eigenvalue weighted by Crippen LogP contribution is 2.28. The second kappa shape index (κ2) is 22.8. The Kier molecular flexibility index (Phi) is 16.2. The van der Waals surface area contributed by atoms with Crippen LogP contribution in [0.15, 0.2) is 129 Å². The fraction of sp³-hybridized carbons (Fsp3) is 0.362. The van der Waals surface area contributed by atoms with E-state index in [4.69, 9.17) is 0 Å². The van der Waals surface area contributed by atoms with E-state index in [9.17, 15) is 38.7 Å². The Hall–Kier alpha value is -8.81. The van der Waals surface area contributed by atoms with Gasteiger partial charge in [-0.05, 0) is 82.1 Å². The zero-order valence-electron chi connectivity index (χ0n) is 44.3. The first-order chi connectivity index (χ1) is 36.8. The Balaban J connectivity index is 0.000000137. The van der Waals surface area contributed by atoms with Gasteiger partial charge >= 0.3 is 0 Å². The number of aliphatic hydroxyl groups excluding tert-OH is 1. The number of aliphatic hydroxyl groups is 1. The monoisotopic (exact) mass is 1060 g/mol. The van der Waals surface area contributed by atoms with Crippen LogP contribution < -0.4 is 41.8 Å². The number of carbonyl (C=O) groups is 3. The number of aromatic nitrogens is 8. The first-order valence-electron chi connectivity index (χ1n) is 25.6. The summed E-state index contributed by atoms with van der Waals surface area (Å²) in [6.45, 7) is 12.3. The summed E-state index contributed by atoms with van der Waals surface area (Å²) in [6, 6.07) is 29.8. The molecule has 0 spiro atoms. The molecule has 0 aliphatic carbocycles. The summed E-state index contributed by atoms with van der Waals surface area (Å²) >= 11 is 0. The molecule has 4 saturated heterocycles. The average Bonchev–Trinajstić information content (AvgIpc) is 3.45. The topological polar surface area (TPSA) is 224 Å². The number of ketones is 3. The molecule has 78 heavy (non-hydrogen) atoms. The van der Waals surface area contributed by atoms with Crippen molar-refractivity contribution in [3.63, 3.8) is 0 Å². The Labute approximate surface area is 450 Å². The molecular weight excluding hydrogens is 993 g/mol. The van der Waals surface area contributed by atoms with E-state index < -0.39 is 0 Å². The van der Waals surface area contributed by atoms with Gasteiger partial charge in [-0.2, -0.15) is 0 Å². The van der Waals surface area contributed by atoms with Crippen molar-refractivity contribution in [1.82, 2.24) is 38.2 Å². The SMILES string of the molecule is C.C=C(O)C1CN(c2nc3ccccc3n(C)c2=O)C1.CC(=O)CC1CN(c2nc3ccccc3n(C)c2=O)C1.CC(=O)[C@@H]1CCN1c1nc2ccccc2n(C)c1=O.CC(=O)[C@H]1CCN1c1nc2ccccc2n(C)c1=O. The van der Waals surface area contributed by atoms with Gasteiger partial charge in [0.2, 0.25) is 0 Å². The van der Waals surface area contributed by atoms with Crippen molar-refractivity contribution in [3.05, 3.63) is 151 Å². The summed E-state index contributed by atoms with van der Waals surface area (Å²) in [5, 5.41) is 9.31. The van der Waals surface area contributed by atoms with Crippen LogP contribution in [0.4, 0.5) is 23.3 Å². The van der Waals surface area contributed by atoms with Gasteiger partial charge in [0.1, 0.15) is 5.78 Å². The smallest absolute Gasteiger partial charge is 0.293 e. The van der Waals surface area contributed by atoms with E-state index in [1.807, 2.05) is 107 Å². The number of carbonyl (C=O) groups excluding carboxylic acids is 3. The molecule has 4 aromatic heterocycles. The van der Waals surface area contributed by atoms with Crippen molar-refractivity contribution in [2.24, 2.45) is 40.0 Å². The van der Waals surface area contributed by atoms with Crippen LogP contribution in [-0.4, -0.2) is 112 Å². The number of para-hydroxylation sites is 8. The first-order valence-corrected chi connectivity index (χ1v) is 25.6. The molecule has 12 rings (SSSR count). The highest BCUT2D eigenvalue weighted by Gasteiger charge is 2.37. The van der Waals surface area contributed by atoms with E-state index in [1.165, 1.54) is 0 Å². The molecule has 4 aliphatic heterocycles. The van der Waals surface area contributed by atoms with Crippen molar-refractivity contribution in [3.8, 4) is 0 Å². The Morgan fingerprint density at radius 2 is 0.795 bits per heavy atom. The van der Waals surface area contributed by atoms with Gasteiger partial charge in [-0.1, -0.05) is 62.5 Å². The largest absolute Gasteiger partial charge is 0.513 e. The highest BCUT2D eigenvalue weighted by atomic mass is 16.3. The molecule has 0 saturated carbocycles. The summed E-state index contributed by atoms with van der Waals surface area (Å²) in [5.41, 5.74) is 5.93. The predicted molar refractivity (Wildman–Crippen MR) is 306 cm³/mol. The molecule has 1 N–H and O–H groups in total. The number of Topliss-reactive ketones (excluding diaryl/α,β-unsaturated/α-hetero) is 3. The van der Waals surface area contributed by atoms with Crippen molar-refractivity contribution in [2.75, 3.05) is 58.9 Å². The number of nitrogens with zero attached hydrogens (tertiary/aromatic N) is 12. The van der Waals surface area contributed by atoms with Crippen LogP contribution in [0.2, 0.25) is 0 Å². The van der Waals surface area contributed by atoms with Crippen LogP contribution in [0.1, 0.15) is 47.5 Å². The Morgan fingerprint density at radius 1 is 0.500 bits per heavy atom. The molecule has 4 aromatic carbocycles. The van der Waals surface area contributed by atoms with E-state index in [1.54, 1.807) is 77.0 Å². The minimum atomic E-state index is -0.193. The quantitative estimate of drug-likeness (QED) is 0.173. The molecule has 8 heterocycles. The molecule has 20 heteroatoms. The number of benzene rings is 4. The lowest BCUT2D eigenvalue weighted by molar-refractivity contribution is -0.120. The molecule has 406 valence electrons. The summed E-state index contributed by atoms with van der Waals surface area (Å²) < 4.78 is 6.43. The molecule has 0 bridgehead atoms. The van der Waals surface area contributed by atoms with Crippen LogP contribution in [0.5, 0.6) is 0 Å². The van der Waals surface area contributed by atoms with E-state index in [0.717, 1.165) is 70.1 Å². The van der Waals surface area contributed by atoms with E-state index in [-0.39, 0.29) is 70.8 Å². The summed E-state index contributed by atoms with van der Waals surface area (Å²) in [6.07, 6.45) is 2.18. The van der Waals surface area contributed by atoms with Gasteiger partial charge < -0.3 is 47.8 Å². The molecule has 4 aliphatic rings. The molecule has 4 fully saturated rings. The van der Waals surface area contributed by atoms with Crippen LogP contribution in [0.25, 0.3) is 44.1 Å². The lowest BCUT2D eigenvalue weighted by Gasteiger charge is -2.39. The third kappa shape index (κ3) is 10.8. The zero-order valence-corrected chi connectivity index (χ0v) is 44.3. The van der Waals surface area contributed by atoms with E-state index in [2.05, 4.69) is 26.5 Å². The minimum Gasteiger partial charge on any atom is -0.513 e. The van der Waals surface area contributed by atoms with Crippen LogP contribution in [0, 0.1) is 11.8 Å². The second-order valence-electron chi connectivity index (χ2n) is 20.1. The van der Waals surface area contributed by atoms with Gasteiger partial charge in [0.25, 0.3) is 22.2 Å². The third-order valence-corrected chi connectivity index (χ3v) is 14.9. The molecule has 2 atom stereocenters. The van der Waals surface area contributed by atoms with Crippen LogP contribution >= 0.6 is 0 Å². The van der Waals surface area contributed by atoms with E-state index >= 15 is 0 Å². The zero-order chi connectivity index (χ0) is 55.0. The Bertz CT molecular complexity index is 3770. The summed E-state index contributed by atoms with van der Waals surface area (Å²) in [5.74, 6) is 2.64. The number of rotatable bonds is 9. The summed E-state index contributed by atoms with van der Waals surface area (Å²) in [7, 11) is 6.98. The number of aryl methyl sites for hydroxylation is 4. The third-order valence-electron chi connectivity index (χ3n) is 14.9. The number of hydrogen-bond acceptors (Lipinski definition) is 16. The molecule has 0 radical (unpaired) electrons. The second-order valence-corrected chi connectivity index (χ2v) is 20.1. The summed E-state index contributed by atoms with van der Waals surface area (Å²) in [4.78, 5) is 109. The van der Waals surface area contributed by atoms with Gasteiger partial charge in [-0.3, -0.25) is 28.8 Å². The fourth-order valence-corrected chi connectivity index (χ4v) is 10.1. The van der Waals surface area contributed by atoms with Gasteiger partial charge in [0.15, 0.2) is 34.8 Å². The van der Waals surface area contributed by atoms with Crippen molar-refractivity contribution in [1.29, 1.82) is 0 Å². The van der Waals surface area contributed by atoms with Gasteiger partial charge in [-0.15, -0.1) is 0 Å². The Morgan fingerprint density at radius 3 is 1.08 bits per heavy atom. The molecule has 0 amide bonds. The lowest BCUT2D eigenvalue weighted by Crippen LogP contribution is -2.54. The fourth-order valence-electron chi connectivity index (χ4n) is 10.1. The molecular formula is C58H66N12O8. The lowest BCUT2D eigenvalue weighted by atomic mass is 9.94. The first kappa shape index (κ1) is 55.4. The minimum absolute atomic E-state index is 0. The van der Waals surface area contributed by atoms with Crippen molar-refractivity contribution >= 4 is 84.8 Å². The molecule has 20 nitrogen and oxygen atoms in total. The maximum atomic E-state index is 12.3. The van der Waals surface area contributed by atoms with Crippen molar-refractivity contribution < 1.29 is 19.5 Å². The maximum Gasteiger partial charge on any atom is 0.293 e. The standard InChI is InChI=1S/C15H17N3O2.3C14H15N3O2.CH4/c1-10(19)7-11-8-18(9-11)14-15(20)17(2)13-6-4-3-5-12(13)16-14;1-9(18)10-7-17(8-10)13-14(19)16(2)12-6-4-3-5-11(12)15-13;2*1-9(18)11-7-8-17(11)13-14(19)16(2)12-6-4-3-5-10(12)15-13;/h3-6,11H,7-9H2,1-2H3;3-6,10,18H,1,7-8H2,2H3;2*3-6,11H,7-8H2,1-2H3;1H4/t;;2*11-;/m..10./s1. The van der Waals surface area contributed by atoms with Gasteiger partial charge in [0, 0.05) is 79.8 Å². The number of anilines is 4. The van der Waals surface area contributed by atoms with E-state index in [0.29, 0.717) is 61.8 Å². The maximum absolute atomic E-state index is 12.3. The van der Waals surface area contributed by atoms with Crippen LogP contribution in [-0.2, 0) is 42.6 Å². The van der Waals surface area contributed by atoms with Crippen LogP contribution in [0.3, 0.4) is 0 Å². The number of fused-ring (bicyclic) bond motifs is 4. The van der Waals surface area contributed by atoms with Gasteiger partial charge in [-0.25, -0.2) is 19.9 Å². The average molecular weight is 1060 g/mol. The molecule has 0 unspecified atom stereocenters. The van der Waals surface area contributed by atoms with Gasteiger partial charge in [0.05, 0.1) is 67.9 Å². The van der Waals surface area contributed by atoms with Crippen molar-refractivity contribution in [2.45, 2.75) is 59.5 Å².